The summed E-state index contributed by atoms with van der Waals surface area (Å²) in [7, 11) is 0. The molecule has 2 aromatic rings. The van der Waals surface area contributed by atoms with Gasteiger partial charge in [0.15, 0.2) is 6.10 Å². The maximum atomic E-state index is 12.2. The van der Waals surface area contributed by atoms with Crippen LogP contribution in [-0.4, -0.2) is 24.3 Å². The molecular formula is C19H21Cl2NO2S. The molecule has 0 heterocycles. The molecule has 0 bridgehead atoms. The van der Waals surface area contributed by atoms with Gasteiger partial charge in [-0.2, -0.15) is 0 Å². The maximum absolute atomic E-state index is 12.2. The van der Waals surface area contributed by atoms with E-state index in [2.05, 4.69) is 5.32 Å². The van der Waals surface area contributed by atoms with Crippen LogP contribution in [0.4, 0.5) is 0 Å². The lowest BCUT2D eigenvalue weighted by atomic mass is 10.1. The molecule has 0 aliphatic rings. The van der Waals surface area contributed by atoms with Gasteiger partial charge in [0.05, 0.1) is 0 Å². The number of ether oxygens (including phenoxy) is 1. The second kappa shape index (κ2) is 9.37. The highest BCUT2D eigenvalue weighted by atomic mass is 35.5. The van der Waals surface area contributed by atoms with Crippen molar-refractivity contribution in [1.82, 2.24) is 5.32 Å². The number of hydrogen-bond acceptors (Lipinski definition) is 3. The van der Waals surface area contributed by atoms with Crippen molar-refractivity contribution in [1.29, 1.82) is 0 Å². The normalized spacial score (nSPS) is 11.9. The third kappa shape index (κ3) is 6.14. The van der Waals surface area contributed by atoms with Crippen molar-refractivity contribution in [2.45, 2.75) is 31.8 Å². The fourth-order valence-corrected chi connectivity index (χ4v) is 3.25. The van der Waals surface area contributed by atoms with Gasteiger partial charge >= 0.3 is 0 Å². The number of halogens is 2. The minimum Gasteiger partial charge on any atom is -0.481 e. The summed E-state index contributed by atoms with van der Waals surface area (Å²) >= 11 is 13.7. The lowest BCUT2D eigenvalue weighted by Gasteiger charge is -2.16. The molecule has 3 nitrogen and oxygen atoms in total. The number of nitrogens with one attached hydrogen (secondary N) is 1. The van der Waals surface area contributed by atoms with Crippen LogP contribution >= 0.6 is 35.0 Å². The van der Waals surface area contributed by atoms with Gasteiger partial charge in [-0.05, 0) is 68.3 Å². The molecule has 2 aromatic carbocycles. The third-order valence-corrected chi connectivity index (χ3v) is 5.44. The Labute approximate surface area is 163 Å². The van der Waals surface area contributed by atoms with Crippen molar-refractivity contribution < 1.29 is 9.53 Å². The van der Waals surface area contributed by atoms with Crippen molar-refractivity contribution in [3.05, 3.63) is 57.6 Å². The molecule has 134 valence electrons. The summed E-state index contributed by atoms with van der Waals surface area (Å²) in [6.07, 6.45) is -0.569. The molecule has 0 aliphatic heterocycles. The van der Waals surface area contributed by atoms with Gasteiger partial charge in [-0.1, -0.05) is 23.2 Å². The molecule has 25 heavy (non-hydrogen) atoms. The predicted molar refractivity (Wildman–Crippen MR) is 106 cm³/mol. The van der Waals surface area contributed by atoms with E-state index in [9.17, 15) is 4.79 Å². The van der Waals surface area contributed by atoms with Crippen LogP contribution in [0.2, 0.25) is 10.0 Å². The largest absolute Gasteiger partial charge is 0.481 e. The van der Waals surface area contributed by atoms with E-state index in [0.717, 1.165) is 31.8 Å². The van der Waals surface area contributed by atoms with Gasteiger partial charge in [-0.25, -0.2) is 0 Å². The summed E-state index contributed by atoms with van der Waals surface area (Å²) in [6.45, 7) is 6.14. The highest BCUT2D eigenvalue weighted by molar-refractivity contribution is 7.99. The number of amides is 1. The first-order chi connectivity index (χ1) is 11.9. The molecule has 1 atom stereocenters. The molecule has 1 unspecified atom stereocenters. The van der Waals surface area contributed by atoms with Crippen molar-refractivity contribution in [2.24, 2.45) is 0 Å². The van der Waals surface area contributed by atoms with Crippen molar-refractivity contribution in [2.75, 3.05) is 12.3 Å². The van der Waals surface area contributed by atoms with E-state index in [4.69, 9.17) is 27.9 Å². The molecule has 0 aliphatic carbocycles. The number of aryl methyl sites for hydroxylation is 2. The number of benzene rings is 2. The van der Waals surface area contributed by atoms with Gasteiger partial charge < -0.3 is 10.1 Å². The molecular weight excluding hydrogens is 377 g/mol. The molecule has 1 N–H and O–H groups in total. The van der Waals surface area contributed by atoms with E-state index in [0.29, 0.717) is 12.3 Å². The average Bonchev–Trinajstić information content (AvgIpc) is 2.57. The fraction of sp³-hybridized carbons (Fsp3) is 0.316. The first-order valence-corrected chi connectivity index (χ1v) is 9.70. The van der Waals surface area contributed by atoms with Gasteiger partial charge in [0.2, 0.25) is 0 Å². The summed E-state index contributed by atoms with van der Waals surface area (Å²) < 4.78 is 5.73. The van der Waals surface area contributed by atoms with Crippen LogP contribution < -0.4 is 10.1 Å². The van der Waals surface area contributed by atoms with E-state index in [1.807, 2.05) is 50.2 Å². The Hall–Kier alpha value is -1.36. The Balaban J connectivity index is 1.77. The van der Waals surface area contributed by atoms with E-state index >= 15 is 0 Å². The number of carbonyl (C=O) groups is 1. The van der Waals surface area contributed by atoms with Crippen LogP contribution in [0.15, 0.2) is 41.3 Å². The minimum absolute atomic E-state index is 0.137. The highest BCUT2D eigenvalue weighted by Crippen LogP contribution is 2.26. The first-order valence-electron chi connectivity index (χ1n) is 7.96. The number of rotatable bonds is 7. The summed E-state index contributed by atoms with van der Waals surface area (Å²) in [5.74, 6) is 1.29. The first kappa shape index (κ1) is 20.0. The predicted octanol–water partition coefficient (Wildman–Crippen LogP) is 5.29. The van der Waals surface area contributed by atoms with Gasteiger partial charge in [-0.15, -0.1) is 11.8 Å². The minimum atomic E-state index is -0.569. The van der Waals surface area contributed by atoms with Gasteiger partial charge in [0.1, 0.15) is 5.75 Å². The standard InChI is InChI=1S/C19H21Cl2NO2S/c1-12-10-16(11-13(2)18(12)21)24-14(3)19(23)22-8-9-25-17-6-4-15(20)5-7-17/h4-7,10-11,14H,8-9H2,1-3H3,(H,22,23). The quantitative estimate of drug-likeness (QED) is 0.509. The zero-order valence-electron chi connectivity index (χ0n) is 14.4. The van der Waals surface area contributed by atoms with Gasteiger partial charge in [0.25, 0.3) is 5.91 Å². The lowest BCUT2D eigenvalue weighted by molar-refractivity contribution is -0.127. The second-order valence-electron chi connectivity index (χ2n) is 5.72. The van der Waals surface area contributed by atoms with Crippen LogP contribution in [0.1, 0.15) is 18.1 Å². The monoisotopic (exact) mass is 397 g/mol. The van der Waals surface area contributed by atoms with Gasteiger partial charge in [0, 0.05) is 27.2 Å². The van der Waals surface area contributed by atoms with Crippen molar-refractivity contribution in [3.63, 3.8) is 0 Å². The average molecular weight is 398 g/mol. The van der Waals surface area contributed by atoms with Crippen molar-refractivity contribution in [3.8, 4) is 5.75 Å². The zero-order valence-corrected chi connectivity index (χ0v) is 16.8. The lowest BCUT2D eigenvalue weighted by Crippen LogP contribution is -2.37. The molecule has 0 fully saturated rings. The topological polar surface area (TPSA) is 38.3 Å². The van der Waals surface area contributed by atoms with Crippen molar-refractivity contribution >= 4 is 40.9 Å². The molecule has 0 saturated heterocycles. The second-order valence-corrected chi connectivity index (χ2v) is 7.71. The zero-order chi connectivity index (χ0) is 18.4. The number of hydrogen-bond donors (Lipinski definition) is 1. The van der Waals surface area contributed by atoms with Crippen LogP contribution in [-0.2, 0) is 4.79 Å². The molecule has 6 heteroatoms. The summed E-state index contributed by atoms with van der Waals surface area (Å²) in [6, 6.07) is 11.3. The summed E-state index contributed by atoms with van der Waals surface area (Å²) in [5.41, 5.74) is 1.87. The Morgan fingerprint density at radius 3 is 2.36 bits per heavy atom. The molecule has 1 amide bonds. The number of thioether (sulfide) groups is 1. The van der Waals surface area contributed by atoms with E-state index in [-0.39, 0.29) is 5.91 Å². The van der Waals surface area contributed by atoms with Gasteiger partial charge in [-0.3, -0.25) is 4.79 Å². The summed E-state index contributed by atoms with van der Waals surface area (Å²) in [5, 5.41) is 4.33. The molecule has 0 spiro atoms. The Morgan fingerprint density at radius 1 is 1.16 bits per heavy atom. The molecule has 0 saturated carbocycles. The van der Waals surface area contributed by atoms with Crippen LogP contribution in [0, 0.1) is 13.8 Å². The molecule has 0 aromatic heterocycles. The molecule has 2 rings (SSSR count). The van der Waals surface area contributed by atoms with Crippen LogP contribution in [0.25, 0.3) is 0 Å². The van der Waals surface area contributed by atoms with Crippen LogP contribution in [0.3, 0.4) is 0 Å². The smallest absolute Gasteiger partial charge is 0.260 e. The Morgan fingerprint density at radius 2 is 1.76 bits per heavy atom. The van der Waals surface area contributed by atoms with E-state index < -0.39 is 6.10 Å². The summed E-state index contributed by atoms with van der Waals surface area (Å²) in [4.78, 5) is 13.3. The highest BCUT2D eigenvalue weighted by Gasteiger charge is 2.15. The van der Waals surface area contributed by atoms with E-state index in [1.54, 1.807) is 18.7 Å². The fourth-order valence-electron chi connectivity index (χ4n) is 2.25. The Bertz CT molecular complexity index is 712. The number of carbonyl (C=O) groups excluding carboxylic acids is 1. The van der Waals surface area contributed by atoms with E-state index in [1.165, 1.54) is 0 Å². The van der Waals surface area contributed by atoms with Crippen LogP contribution in [0.5, 0.6) is 5.75 Å². The maximum Gasteiger partial charge on any atom is 0.260 e. The molecule has 0 radical (unpaired) electrons. The SMILES string of the molecule is Cc1cc(OC(C)C(=O)NCCSc2ccc(Cl)cc2)cc(C)c1Cl. The third-order valence-electron chi connectivity index (χ3n) is 3.58. The Kier molecular flexibility index (Phi) is 7.48.